The van der Waals surface area contributed by atoms with Gasteiger partial charge in [-0.05, 0) is 6.92 Å². The van der Waals surface area contributed by atoms with Crippen molar-refractivity contribution in [2.75, 3.05) is 0 Å². The Morgan fingerprint density at radius 2 is 1.90 bits per heavy atom. The predicted molar refractivity (Wildman–Crippen MR) is 38.5 cm³/mol. The summed E-state index contributed by atoms with van der Waals surface area (Å²) >= 11 is 0. The van der Waals surface area contributed by atoms with E-state index in [1.807, 2.05) is 6.92 Å². The van der Waals surface area contributed by atoms with Crippen molar-refractivity contribution in [3.05, 3.63) is 12.7 Å². The van der Waals surface area contributed by atoms with Crippen LogP contribution in [0.15, 0.2) is 12.7 Å². The zero-order valence-corrected chi connectivity index (χ0v) is 6.26. The smallest absolute Gasteiger partial charge is 0.343 e. The van der Waals surface area contributed by atoms with Gasteiger partial charge in [0, 0.05) is 0 Å². The van der Waals surface area contributed by atoms with Crippen molar-refractivity contribution in [2.24, 2.45) is 0 Å². The third-order valence-corrected chi connectivity index (χ3v) is 0.591. The van der Waals surface area contributed by atoms with Gasteiger partial charge in [-0.1, -0.05) is 6.08 Å². The molecule has 0 aliphatic carbocycles. The first-order valence-electron chi connectivity index (χ1n) is 2.27. The highest BCUT2D eigenvalue weighted by Crippen LogP contribution is 1.46. The fourth-order valence-electron chi connectivity index (χ4n) is 0.0823. The first kappa shape index (κ1) is 11.7. The molecular weight excluding hydrogens is 156 g/mol. The SMILES string of the molecule is C=CC.O=C(O)C=S(=O)=O. The number of aliphatic carboxylic acids is 1. The Hall–Kier alpha value is -1.10. The molecule has 0 aliphatic rings. The molecule has 10 heavy (non-hydrogen) atoms. The monoisotopic (exact) mass is 164 g/mol. The van der Waals surface area contributed by atoms with Crippen LogP contribution in [0.2, 0.25) is 0 Å². The van der Waals surface area contributed by atoms with Gasteiger partial charge in [0.2, 0.25) is 10.3 Å². The highest BCUT2D eigenvalue weighted by molar-refractivity contribution is 7.73. The van der Waals surface area contributed by atoms with Gasteiger partial charge in [0.1, 0.15) is 5.37 Å². The molecule has 0 heterocycles. The van der Waals surface area contributed by atoms with E-state index in [1.165, 1.54) is 0 Å². The van der Waals surface area contributed by atoms with Crippen LogP contribution in [0.4, 0.5) is 0 Å². The molecular formula is C5H8O4S. The minimum absolute atomic E-state index is 0.167. The highest BCUT2D eigenvalue weighted by Gasteiger charge is 1.83. The maximum Gasteiger partial charge on any atom is 0.343 e. The minimum atomic E-state index is -2.57. The molecule has 0 spiro atoms. The summed E-state index contributed by atoms with van der Waals surface area (Å²) in [5.74, 6) is -1.45. The lowest BCUT2D eigenvalue weighted by molar-refractivity contribution is -0.128. The zero-order valence-electron chi connectivity index (χ0n) is 5.44. The molecule has 0 aromatic rings. The first-order valence-corrected chi connectivity index (χ1v) is 3.41. The first-order chi connectivity index (χ1) is 4.54. The Morgan fingerprint density at radius 1 is 1.60 bits per heavy atom. The van der Waals surface area contributed by atoms with Crippen molar-refractivity contribution < 1.29 is 18.3 Å². The normalized spacial score (nSPS) is 6.50. The molecule has 0 saturated heterocycles. The van der Waals surface area contributed by atoms with E-state index in [0.717, 1.165) is 0 Å². The van der Waals surface area contributed by atoms with E-state index in [9.17, 15) is 13.2 Å². The number of allylic oxidation sites excluding steroid dienone is 1. The third kappa shape index (κ3) is 28.6. The van der Waals surface area contributed by atoms with E-state index in [1.54, 1.807) is 6.08 Å². The molecule has 0 unspecified atom stereocenters. The summed E-state index contributed by atoms with van der Waals surface area (Å²) < 4.78 is 18.7. The number of hydrogen-bond donors (Lipinski definition) is 1. The molecule has 1 N–H and O–H groups in total. The van der Waals surface area contributed by atoms with Crippen molar-refractivity contribution in [1.29, 1.82) is 0 Å². The summed E-state index contributed by atoms with van der Waals surface area (Å²) in [5, 5.41) is 7.80. The molecule has 0 aromatic carbocycles. The second-order valence-electron chi connectivity index (χ2n) is 1.12. The second-order valence-corrected chi connectivity index (χ2v) is 1.88. The van der Waals surface area contributed by atoms with Crippen LogP contribution in [0.1, 0.15) is 6.92 Å². The fourth-order valence-corrected chi connectivity index (χ4v) is 0.247. The van der Waals surface area contributed by atoms with Gasteiger partial charge in [-0.2, -0.15) is 8.42 Å². The Labute approximate surface area is 60.3 Å². The van der Waals surface area contributed by atoms with Gasteiger partial charge in [0.05, 0.1) is 0 Å². The maximum absolute atomic E-state index is 9.37. The molecule has 0 atom stereocenters. The lowest BCUT2D eigenvalue weighted by atomic mass is 10.8. The van der Waals surface area contributed by atoms with Crippen LogP contribution in [0.3, 0.4) is 0 Å². The summed E-state index contributed by atoms with van der Waals surface area (Å²) in [7, 11) is -2.57. The summed E-state index contributed by atoms with van der Waals surface area (Å²) in [6, 6.07) is 0. The van der Waals surface area contributed by atoms with E-state index >= 15 is 0 Å². The van der Waals surface area contributed by atoms with Crippen LogP contribution < -0.4 is 0 Å². The van der Waals surface area contributed by atoms with Crippen molar-refractivity contribution in [3.63, 3.8) is 0 Å². The molecule has 0 radical (unpaired) electrons. The molecule has 58 valence electrons. The topological polar surface area (TPSA) is 71.4 Å². The van der Waals surface area contributed by atoms with E-state index in [-0.39, 0.29) is 5.37 Å². The molecule has 0 fully saturated rings. The highest BCUT2D eigenvalue weighted by atomic mass is 32.2. The minimum Gasteiger partial charge on any atom is -0.477 e. The Balaban J connectivity index is 0. The Bertz CT molecular complexity index is 216. The van der Waals surface area contributed by atoms with Crippen LogP contribution in [0, 0.1) is 0 Å². The summed E-state index contributed by atoms with van der Waals surface area (Å²) in [6.07, 6.45) is 1.75. The van der Waals surface area contributed by atoms with Crippen LogP contribution >= 0.6 is 0 Å². The molecule has 4 nitrogen and oxygen atoms in total. The number of carbonyl (C=O) groups is 1. The quantitative estimate of drug-likeness (QED) is 0.435. The van der Waals surface area contributed by atoms with Crippen LogP contribution in [-0.4, -0.2) is 24.9 Å². The third-order valence-electron chi connectivity index (χ3n) is 0.197. The molecule has 0 aliphatic heterocycles. The molecule has 0 rings (SSSR count). The van der Waals surface area contributed by atoms with Crippen LogP contribution in [0.25, 0.3) is 0 Å². The van der Waals surface area contributed by atoms with Crippen LogP contribution in [0.5, 0.6) is 0 Å². The van der Waals surface area contributed by atoms with Gasteiger partial charge in [-0.3, -0.25) is 0 Å². The molecule has 0 bridgehead atoms. The van der Waals surface area contributed by atoms with Crippen molar-refractivity contribution >= 4 is 21.6 Å². The van der Waals surface area contributed by atoms with Gasteiger partial charge in [0.25, 0.3) is 0 Å². The van der Waals surface area contributed by atoms with Gasteiger partial charge in [0.15, 0.2) is 0 Å². The van der Waals surface area contributed by atoms with Gasteiger partial charge < -0.3 is 5.11 Å². The maximum atomic E-state index is 9.37. The Kier molecular flexibility index (Phi) is 9.22. The molecule has 0 amide bonds. The van der Waals surface area contributed by atoms with Gasteiger partial charge in [-0.15, -0.1) is 6.58 Å². The summed E-state index contributed by atoms with van der Waals surface area (Å²) in [5.41, 5.74) is 0. The predicted octanol–water partition coefficient (Wildman–Crippen LogP) is -0.0554. The van der Waals surface area contributed by atoms with Gasteiger partial charge >= 0.3 is 5.97 Å². The second kappa shape index (κ2) is 7.90. The van der Waals surface area contributed by atoms with Crippen molar-refractivity contribution in [1.82, 2.24) is 0 Å². The number of carboxylic acids is 1. The van der Waals surface area contributed by atoms with Gasteiger partial charge in [-0.25, -0.2) is 4.79 Å². The summed E-state index contributed by atoms with van der Waals surface area (Å²) in [6.45, 7) is 5.25. The molecule has 0 aromatic heterocycles. The molecule has 5 heteroatoms. The van der Waals surface area contributed by atoms with E-state index in [2.05, 4.69) is 6.58 Å². The number of carboxylic acid groups (broad SMARTS) is 1. The van der Waals surface area contributed by atoms with E-state index in [0.29, 0.717) is 0 Å². The van der Waals surface area contributed by atoms with Crippen molar-refractivity contribution in [3.8, 4) is 0 Å². The molecule has 0 saturated carbocycles. The largest absolute Gasteiger partial charge is 0.477 e. The Morgan fingerprint density at radius 3 is 1.90 bits per heavy atom. The number of hydrogen-bond acceptors (Lipinski definition) is 3. The standard InChI is InChI=1S/C3H6.C2H2O4S/c1-3-2;3-2(4)1-7(5)6/h3H,1H2,2H3;1H,(H,3,4). The van der Waals surface area contributed by atoms with E-state index in [4.69, 9.17) is 5.11 Å². The van der Waals surface area contributed by atoms with E-state index < -0.39 is 16.3 Å². The lowest BCUT2D eigenvalue weighted by Gasteiger charge is -1.63. The van der Waals surface area contributed by atoms with Crippen molar-refractivity contribution in [2.45, 2.75) is 6.92 Å². The number of rotatable bonds is 1. The average Bonchev–Trinajstić information content (AvgIpc) is 1.62. The fraction of sp³-hybridized carbons (Fsp3) is 0.200. The zero-order chi connectivity index (χ0) is 8.57. The average molecular weight is 164 g/mol. The van der Waals surface area contributed by atoms with Crippen LogP contribution in [-0.2, 0) is 15.1 Å². The lowest BCUT2D eigenvalue weighted by Crippen LogP contribution is -1.94. The summed E-state index contributed by atoms with van der Waals surface area (Å²) in [4.78, 5) is 9.36.